The third kappa shape index (κ3) is 5.25. The molecule has 1 unspecified atom stereocenters. The zero-order valence-corrected chi connectivity index (χ0v) is 12.9. The van der Waals surface area contributed by atoms with Crippen molar-refractivity contribution in [2.75, 3.05) is 26.2 Å². The minimum Gasteiger partial charge on any atom is -0.394 e. The van der Waals surface area contributed by atoms with Crippen LogP contribution in [0, 0.1) is 5.41 Å². The van der Waals surface area contributed by atoms with E-state index in [0.717, 1.165) is 13.0 Å². The van der Waals surface area contributed by atoms with E-state index in [9.17, 15) is 5.11 Å². The lowest BCUT2D eigenvalue weighted by Crippen LogP contribution is -2.52. The van der Waals surface area contributed by atoms with Crippen molar-refractivity contribution in [1.82, 2.24) is 10.2 Å². The van der Waals surface area contributed by atoms with E-state index >= 15 is 0 Å². The lowest BCUT2D eigenvalue weighted by atomic mass is 9.84. The number of aliphatic hydroxyl groups is 1. The van der Waals surface area contributed by atoms with Crippen LogP contribution in [-0.4, -0.2) is 47.8 Å². The van der Waals surface area contributed by atoms with Gasteiger partial charge in [-0.2, -0.15) is 0 Å². The van der Waals surface area contributed by atoms with Crippen LogP contribution >= 0.6 is 0 Å². The molecule has 0 saturated carbocycles. The quantitative estimate of drug-likeness (QED) is 0.765. The van der Waals surface area contributed by atoms with Gasteiger partial charge in [0.05, 0.1) is 6.61 Å². The van der Waals surface area contributed by atoms with Gasteiger partial charge in [-0.25, -0.2) is 0 Å². The number of nitrogens with zero attached hydrogens (tertiary/aromatic N) is 1. The van der Waals surface area contributed by atoms with E-state index in [4.69, 9.17) is 0 Å². The summed E-state index contributed by atoms with van der Waals surface area (Å²) in [5.41, 5.74) is 0.315. The Bertz CT molecular complexity index is 253. The van der Waals surface area contributed by atoms with E-state index in [2.05, 4.69) is 44.8 Å². The molecule has 0 aliphatic carbocycles. The average molecular weight is 256 g/mol. The summed E-state index contributed by atoms with van der Waals surface area (Å²) in [7, 11) is 0. The molecule has 18 heavy (non-hydrogen) atoms. The molecule has 0 amide bonds. The SMILES string of the molecule is CC(C)NC(C)(CO)CCN1CCCC(C)(C)C1. The maximum Gasteiger partial charge on any atom is 0.0611 e. The highest BCUT2D eigenvalue weighted by atomic mass is 16.3. The van der Waals surface area contributed by atoms with Gasteiger partial charge in [-0.05, 0) is 44.7 Å². The molecule has 1 aliphatic heterocycles. The fraction of sp³-hybridized carbons (Fsp3) is 1.00. The number of rotatable bonds is 6. The number of aliphatic hydroxyl groups excluding tert-OH is 1. The Labute approximate surface area is 113 Å². The smallest absolute Gasteiger partial charge is 0.0611 e. The Hall–Kier alpha value is -0.120. The van der Waals surface area contributed by atoms with Gasteiger partial charge in [0.25, 0.3) is 0 Å². The topological polar surface area (TPSA) is 35.5 Å². The van der Waals surface area contributed by atoms with E-state index < -0.39 is 0 Å². The maximum atomic E-state index is 9.59. The molecule has 1 heterocycles. The van der Waals surface area contributed by atoms with Crippen LogP contribution < -0.4 is 5.32 Å². The van der Waals surface area contributed by atoms with Crippen LogP contribution in [0.25, 0.3) is 0 Å². The van der Waals surface area contributed by atoms with Gasteiger partial charge < -0.3 is 15.3 Å². The lowest BCUT2D eigenvalue weighted by Gasteiger charge is -2.40. The second-order valence-electron chi connectivity index (χ2n) is 7.31. The predicted octanol–water partition coefficient (Wildman–Crippen LogP) is 2.25. The molecule has 0 aromatic rings. The second-order valence-corrected chi connectivity index (χ2v) is 7.31. The molecule has 0 aromatic heterocycles. The third-order valence-electron chi connectivity index (χ3n) is 3.95. The zero-order chi connectivity index (χ0) is 13.8. The molecule has 1 fully saturated rings. The fourth-order valence-corrected chi connectivity index (χ4v) is 3.03. The predicted molar refractivity (Wildman–Crippen MR) is 77.8 cm³/mol. The molecule has 0 aromatic carbocycles. The van der Waals surface area contributed by atoms with Crippen LogP contribution in [0.15, 0.2) is 0 Å². The van der Waals surface area contributed by atoms with Crippen molar-refractivity contribution in [1.29, 1.82) is 0 Å². The van der Waals surface area contributed by atoms with Crippen molar-refractivity contribution in [3.05, 3.63) is 0 Å². The van der Waals surface area contributed by atoms with Crippen LogP contribution in [0.4, 0.5) is 0 Å². The van der Waals surface area contributed by atoms with Crippen LogP contribution in [0.3, 0.4) is 0 Å². The summed E-state index contributed by atoms with van der Waals surface area (Å²) < 4.78 is 0. The van der Waals surface area contributed by atoms with Crippen LogP contribution in [-0.2, 0) is 0 Å². The second kappa shape index (κ2) is 6.36. The van der Waals surface area contributed by atoms with Crippen molar-refractivity contribution in [3.63, 3.8) is 0 Å². The molecule has 1 saturated heterocycles. The molecule has 3 heteroatoms. The summed E-state index contributed by atoms with van der Waals surface area (Å²) in [5.74, 6) is 0. The Morgan fingerprint density at radius 2 is 2.06 bits per heavy atom. The molecule has 1 aliphatic rings. The Kier molecular flexibility index (Phi) is 5.63. The average Bonchev–Trinajstić information content (AvgIpc) is 2.24. The molecular formula is C15H32N2O. The Balaban J connectivity index is 2.42. The number of piperidine rings is 1. The maximum absolute atomic E-state index is 9.59. The van der Waals surface area contributed by atoms with E-state index in [1.165, 1.54) is 25.9 Å². The summed E-state index contributed by atoms with van der Waals surface area (Å²) >= 11 is 0. The Morgan fingerprint density at radius 3 is 2.56 bits per heavy atom. The first-order valence-corrected chi connectivity index (χ1v) is 7.37. The fourth-order valence-electron chi connectivity index (χ4n) is 3.03. The van der Waals surface area contributed by atoms with E-state index in [0.29, 0.717) is 11.5 Å². The molecule has 0 spiro atoms. The lowest BCUT2D eigenvalue weighted by molar-refractivity contribution is 0.0910. The van der Waals surface area contributed by atoms with E-state index in [1.54, 1.807) is 0 Å². The summed E-state index contributed by atoms with van der Waals surface area (Å²) in [6, 6.07) is 0.417. The first kappa shape index (κ1) is 15.9. The van der Waals surface area contributed by atoms with Gasteiger partial charge in [0, 0.05) is 18.1 Å². The molecule has 3 nitrogen and oxygen atoms in total. The number of likely N-dealkylation sites (tertiary alicyclic amines) is 1. The van der Waals surface area contributed by atoms with Gasteiger partial charge in [0.2, 0.25) is 0 Å². The van der Waals surface area contributed by atoms with Gasteiger partial charge in [-0.15, -0.1) is 0 Å². The van der Waals surface area contributed by atoms with Crippen molar-refractivity contribution < 1.29 is 5.11 Å². The highest BCUT2D eigenvalue weighted by Crippen LogP contribution is 2.28. The molecule has 2 N–H and O–H groups in total. The van der Waals surface area contributed by atoms with Crippen LogP contribution in [0.2, 0.25) is 0 Å². The molecule has 0 radical (unpaired) electrons. The normalized spacial score (nSPS) is 24.2. The highest BCUT2D eigenvalue weighted by Gasteiger charge is 2.29. The summed E-state index contributed by atoms with van der Waals surface area (Å²) in [6.07, 6.45) is 3.66. The summed E-state index contributed by atoms with van der Waals surface area (Å²) in [4.78, 5) is 2.55. The number of hydrogen-bond donors (Lipinski definition) is 2. The standard InChI is InChI=1S/C15H32N2O/c1-13(2)16-15(5,12-18)8-10-17-9-6-7-14(3,4)11-17/h13,16,18H,6-12H2,1-5H3. The van der Waals surface area contributed by atoms with Crippen LogP contribution in [0.5, 0.6) is 0 Å². The van der Waals surface area contributed by atoms with E-state index in [-0.39, 0.29) is 12.1 Å². The molecule has 1 rings (SSSR count). The van der Waals surface area contributed by atoms with Gasteiger partial charge in [-0.1, -0.05) is 27.7 Å². The third-order valence-corrected chi connectivity index (χ3v) is 3.95. The minimum absolute atomic E-state index is 0.143. The minimum atomic E-state index is -0.143. The molecule has 1 atom stereocenters. The van der Waals surface area contributed by atoms with Crippen molar-refractivity contribution >= 4 is 0 Å². The van der Waals surface area contributed by atoms with Gasteiger partial charge in [0.1, 0.15) is 0 Å². The highest BCUT2D eigenvalue weighted by molar-refractivity contribution is 4.87. The Morgan fingerprint density at radius 1 is 1.39 bits per heavy atom. The zero-order valence-electron chi connectivity index (χ0n) is 12.9. The van der Waals surface area contributed by atoms with Crippen molar-refractivity contribution in [2.24, 2.45) is 5.41 Å². The van der Waals surface area contributed by atoms with Gasteiger partial charge in [-0.3, -0.25) is 0 Å². The largest absolute Gasteiger partial charge is 0.394 e. The number of nitrogens with one attached hydrogen (secondary N) is 1. The molecular weight excluding hydrogens is 224 g/mol. The van der Waals surface area contributed by atoms with Gasteiger partial charge in [0.15, 0.2) is 0 Å². The number of hydrogen-bond acceptors (Lipinski definition) is 3. The van der Waals surface area contributed by atoms with Crippen molar-refractivity contribution in [2.45, 2.75) is 65.5 Å². The first-order valence-electron chi connectivity index (χ1n) is 7.37. The molecule has 108 valence electrons. The van der Waals surface area contributed by atoms with Crippen LogP contribution in [0.1, 0.15) is 53.9 Å². The molecule has 0 bridgehead atoms. The monoisotopic (exact) mass is 256 g/mol. The van der Waals surface area contributed by atoms with E-state index in [1.807, 2.05) is 0 Å². The summed E-state index contributed by atoms with van der Waals surface area (Å²) in [5, 5.41) is 13.1. The van der Waals surface area contributed by atoms with Gasteiger partial charge >= 0.3 is 0 Å². The van der Waals surface area contributed by atoms with Crippen molar-refractivity contribution in [3.8, 4) is 0 Å². The summed E-state index contributed by atoms with van der Waals surface area (Å²) in [6.45, 7) is 14.8. The first-order chi connectivity index (χ1) is 8.26.